The van der Waals surface area contributed by atoms with Crippen LogP contribution in [0.15, 0.2) is 0 Å². The Balaban J connectivity index is 5.69. The Morgan fingerprint density at radius 3 is 1.58 bits per heavy atom. The van der Waals surface area contributed by atoms with E-state index in [1.54, 1.807) is 0 Å². The first-order valence-corrected chi connectivity index (χ1v) is 5.38. The molecule has 0 amide bonds. The van der Waals surface area contributed by atoms with Gasteiger partial charge in [-0.05, 0) is 0 Å². The van der Waals surface area contributed by atoms with Crippen LogP contribution in [0.25, 0.3) is 0 Å². The first kappa shape index (κ1) is 22.6. The van der Waals surface area contributed by atoms with Crippen molar-refractivity contribution in [2.24, 2.45) is 0 Å². The molecule has 1 atom stereocenters. The van der Waals surface area contributed by atoms with Gasteiger partial charge >= 0.3 is 36.2 Å². The third-order valence-electron chi connectivity index (χ3n) is 2.14. The standard InChI is InChI=1S/C9H7F11O4/c1-22-2-3-23-4(21)5(10,7(13,14)15)24-9(19,20)6(11,12)8(16,17)18/h2-3H2,1H3/t5-/m0/s1. The Hall–Kier alpha value is -1.38. The van der Waals surface area contributed by atoms with Gasteiger partial charge in [-0.25, -0.2) is 4.79 Å². The van der Waals surface area contributed by atoms with Crippen molar-refractivity contribution in [2.75, 3.05) is 20.3 Å². The number of hydrogen-bond donors (Lipinski definition) is 0. The molecular weight excluding hydrogens is 381 g/mol. The van der Waals surface area contributed by atoms with E-state index >= 15 is 0 Å². The van der Waals surface area contributed by atoms with Crippen molar-refractivity contribution < 1.29 is 67.3 Å². The van der Waals surface area contributed by atoms with E-state index in [0.29, 0.717) is 0 Å². The highest BCUT2D eigenvalue weighted by Gasteiger charge is 2.80. The van der Waals surface area contributed by atoms with E-state index in [2.05, 4.69) is 9.47 Å². The summed E-state index contributed by atoms with van der Waals surface area (Å²) in [7, 11) is 0.925. The average molecular weight is 388 g/mol. The summed E-state index contributed by atoms with van der Waals surface area (Å²) >= 11 is 0. The van der Waals surface area contributed by atoms with E-state index in [1.807, 2.05) is 4.74 Å². The molecule has 0 fully saturated rings. The molecule has 0 spiro atoms. The second-order valence-corrected chi connectivity index (χ2v) is 3.91. The molecule has 0 aromatic carbocycles. The SMILES string of the molecule is COCCOC(=O)[C@](F)(OC(F)(F)C(F)(F)C(F)(F)F)C(F)(F)F. The van der Waals surface area contributed by atoms with E-state index in [1.165, 1.54) is 0 Å². The van der Waals surface area contributed by atoms with E-state index < -0.39 is 49.4 Å². The van der Waals surface area contributed by atoms with Gasteiger partial charge in [0.1, 0.15) is 6.61 Å². The van der Waals surface area contributed by atoms with Crippen molar-refractivity contribution >= 4 is 5.97 Å². The summed E-state index contributed by atoms with van der Waals surface area (Å²) in [6.07, 6.45) is -21.0. The number of hydrogen-bond acceptors (Lipinski definition) is 4. The van der Waals surface area contributed by atoms with Gasteiger partial charge in [-0.1, -0.05) is 0 Å². The van der Waals surface area contributed by atoms with Crippen molar-refractivity contribution in [3.8, 4) is 0 Å². The van der Waals surface area contributed by atoms with Gasteiger partial charge in [0.25, 0.3) is 0 Å². The monoisotopic (exact) mass is 388 g/mol. The fraction of sp³-hybridized carbons (Fsp3) is 0.889. The van der Waals surface area contributed by atoms with Gasteiger partial charge < -0.3 is 9.47 Å². The number of methoxy groups -OCH3 is 1. The molecule has 0 heterocycles. The van der Waals surface area contributed by atoms with Crippen LogP contribution in [0, 0.1) is 0 Å². The minimum absolute atomic E-state index is 0.672. The van der Waals surface area contributed by atoms with Crippen LogP contribution < -0.4 is 0 Å². The smallest absolute Gasteiger partial charge is 0.459 e. The predicted octanol–water partition coefficient (Wildman–Crippen LogP) is 3.21. The maximum atomic E-state index is 13.5. The second-order valence-electron chi connectivity index (χ2n) is 3.91. The van der Waals surface area contributed by atoms with E-state index in [9.17, 15) is 53.1 Å². The molecule has 0 unspecified atom stereocenters. The fourth-order valence-electron chi connectivity index (χ4n) is 0.932. The fourth-order valence-corrected chi connectivity index (χ4v) is 0.932. The molecule has 0 radical (unpaired) electrons. The summed E-state index contributed by atoms with van der Waals surface area (Å²) < 4.78 is 146. The average Bonchev–Trinajstić information content (AvgIpc) is 2.35. The van der Waals surface area contributed by atoms with Crippen LogP contribution in [0.5, 0.6) is 0 Å². The molecule has 0 aliphatic rings. The van der Waals surface area contributed by atoms with E-state index in [4.69, 9.17) is 0 Å². The van der Waals surface area contributed by atoms with Gasteiger partial charge in [0.15, 0.2) is 0 Å². The summed E-state index contributed by atoms with van der Waals surface area (Å²) in [5.41, 5.74) is 0. The minimum atomic E-state index is -7.24. The Morgan fingerprint density at radius 1 is 0.792 bits per heavy atom. The van der Waals surface area contributed by atoms with Crippen LogP contribution in [0.1, 0.15) is 0 Å². The van der Waals surface area contributed by atoms with Crippen LogP contribution in [-0.2, 0) is 19.0 Å². The molecule has 144 valence electrons. The number of carbonyl (C=O) groups is 1. The number of alkyl halides is 11. The Kier molecular flexibility index (Phi) is 6.46. The highest BCUT2D eigenvalue weighted by Crippen LogP contribution is 2.51. The Morgan fingerprint density at radius 2 is 1.25 bits per heavy atom. The molecule has 4 nitrogen and oxygen atoms in total. The summed E-state index contributed by atoms with van der Waals surface area (Å²) in [6, 6.07) is 0. The molecule has 0 saturated carbocycles. The van der Waals surface area contributed by atoms with Crippen molar-refractivity contribution in [3.63, 3.8) is 0 Å². The van der Waals surface area contributed by atoms with E-state index in [-0.39, 0.29) is 0 Å². The molecule has 0 N–H and O–H groups in total. The van der Waals surface area contributed by atoms with E-state index in [0.717, 1.165) is 7.11 Å². The van der Waals surface area contributed by atoms with Gasteiger partial charge in [-0.15, -0.1) is 0 Å². The van der Waals surface area contributed by atoms with Gasteiger partial charge in [0.05, 0.1) is 6.61 Å². The molecule has 0 aliphatic heterocycles. The molecule has 0 saturated heterocycles. The van der Waals surface area contributed by atoms with Crippen molar-refractivity contribution in [2.45, 2.75) is 30.2 Å². The third kappa shape index (κ3) is 4.37. The molecular formula is C9H7F11O4. The first-order chi connectivity index (χ1) is 10.4. The minimum Gasteiger partial charge on any atom is -0.459 e. The van der Waals surface area contributed by atoms with Gasteiger partial charge in [-0.3, -0.25) is 4.74 Å². The lowest BCUT2D eigenvalue weighted by atomic mass is 10.2. The van der Waals surface area contributed by atoms with Crippen LogP contribution >= 0.6 is 0 Å². The van der Waals surface area contributed by atoms with Crippen LogP contribution in [0.2, 0.25) is 0 Å². The quantitative estimate of drug-likeness (QED) is 0.382. The first-order valence-electron chi connectivity index (χ1n) is 5.38. The number of rotatable bonds is 7. The predicted molar refractivity (Wildman–Crippen MR) is 49.8 cm³/mol. The maximum absolute atomic E-state index is 13.5. The third-order valence-corrected chi connectivity index (χ3v) is 2.14. The number of ether oxygens (including phenoxy) is 3. The summed E-state index contributed by atoms with van der Waals surface area (Å²) in [5, 5.41) is 0. The van der Waals surface area contributed by atoms with Gasteiger partial charge in [-0.2, -0.15) is 48.3 Å². The van der Waals surface area contributed by atoms with Crippen LogP contribution in [0.4, 0.5) is 48.3 Å². The number of esters is 1. The summed E-state index contributed by atoms with van der Waals surface area (Å²) in [5.74, 6) is -16.8. The molecule has 15 heteroatoms. The van der Waals surface area contributed by atoms with Crippen molar-refractivity contribution in [1.82, 2.24) is 0 Å². The number of carbonyl (C=O) groups excluding carboxylic acids is 1. The molecule has 0 rings (SSSR count). The maximum Gasteiger partial charge on any atom is 0.462 e. The van der Waals surface area contributed by atoms with Crippen molar-refractivity contribution in [3.05, 3.63) is 0 Å². The lowest BCUT2D eigenvalue weighted by Gasteiger charge is -2.33. The molecule has 0 aromatic heterocycles. The Bertz CT molecular complexity index is 444. The summed E-state index contributed by atoms with van der Waals surface area (Å²) in [4.78, 5) is 10.9. The molecule has 0 aliphatic carbocycles. The lowest BCUT2D eigenvalue weighted by Crippen LogP contribution is -2.61. The summed E-state index contributed by atoms with van der Waals surface area (Å²) in [6.45, 7) is -1.84. The second kappa shape index (κ2) is 6.85. The normalized spacial score (nSPS) is 16.7. The largest absolute Gasteiger partial charge is 0.462 e. The zero-order chi connectivity index (χ0) is 19.6. The topological polar surface area (TPSA) is 44.8 Å². The van der Waals surface area contributed by atoms with Crippen molar-refractivity contribution in [1.29, 1.82) is 0 Å². The zero-order valence-electron chi connectivity index (χ0n) is 11.2. The Labute approximate surface area is 125 Å². The highest BCUT2D eigenvalue weighted by atomic mass is 19.4. The van der Waals surface area contributed by atoms with Gasteiger partial charge in [0, 0.05) is 7.11 Å². The molecule has 0 bridgehead atoms. The zero-order valence-corrected chi connectivity index (χ0v) is 11.2. The van der Waals surface area contributed by atoms with Crippen LogP contribution in [-0.4, -0.2) is 56.5 Å². The highest BCUT2D eigenvalue weighted by molar-refractivity contribution is 5.78. The molecule has 0 aromatic rings. The number of halogens is 11. The molecule has 24 heavy (non-hydrogen) atoms. The lowest BCUT2D eigenvalue weighted by molar-refractivity contribution is -0.475. The van der Waals surface area contributed by atoms with Crippen LogP contribution in [0.3, 0.4) is 0 Å². The van der Waals surface area contributed by atoms with Gasteiger partial charge in [0.2, 0.25) is 0 Å².